The Balaban J connectivity index is 2.15. The van der Waals surface area contributed by atoms with Gasteiger partial charge >= 0.3 is 0 Å². The normalized spacial score (nSPS) is 17.8. The quantitative estimate of drug-likeness (QED) is 0.731. The maximum absolute atomic E-state index is 12.7. The van der Waals surface area contributed by atoms with Gasteiger partial charge in [0.05, 0.1) is 11.9 Å². The van der Waals surface area contributed by atoms with E-state index in [1.54, 1.807) is 27.9 Å². The maximum atomic E-state index is 12.7. The van der Waals surface area contributed by atoms with Crippen LogP contribution in [0.25, 0.3) is 0 Å². The first-order chi connectivity index (χ1) is 11.8. The first-order valence-corrected chi connectivity index (χ1v) is 8.64. The number of carbonyl (C=O) groups is 2. The van der Waals surface area contributed by atoms with Crippen LogP contribution < -0.4 is 10.5 Å². The van der Waals surface area contributed by atoms with Crippen LogP contribution in [0.3, 0.4) is 0 Å². The average molecular weight is 349 g/mol. The summed E-state index contributed by atoms with van der Waals surface area (Å²) in [6.45, 7) is 2.90. The van der Waals surface area contributed by atoms with Gasteiger partial charge in [0.15, 0.2) is 0 Å². The third kappa shape index (κ3) is 4.37. The standard InChI is InChI=1S/C17H27N5O3/c1-5-6-7-14-17(25)20(4)8-9-21(14)16(24)12-22-15(23)10-13(11-18-22)19(2)3/h10-11,14H,5-9,12H2,1-4H3. The van der Waals surface area contributed by atoms with Crippen molar-refractivity contribution in [2.75, 3.05) is 39.1 Å². The van der Waals surface area contributed by atoms with Crippen molar-refractivity contribution in [3.63, 3.8) is 0 Å². The van der Waals surface area contributed by atoms with Crippen LogP contribution in [-0.4, -0.2) is 71.7 Å². The van der Waals surface area contributed by atoms with Crippen LogP contribution in [0.1, 0.15) is 26.2 Å². The van der Waals surface area contributed by atoms with E-state index in [0.717, 1.165) is 17.5 Å². The summed E-state index contributed by atoms with van der Waals surface area (Å²) < 4.78 is 1.15. The summed E-state index contributed by atoms with van der Waals surface area (Å²) in [7, 11) is 5.40. The van der Waals surface area contributed by atoms with Crippen molar-refractivity contribution >= 4 is 17.5 Å². The van der Waals surface area contributed by atoms with Crippen LogP contribution in [0.2, 0.25) is 0 Å². The zero-order chi connectivity index (χ0) is 18.6. The van der Waals surface area contributed by atoms with Gasteiger partial charge in [-0.25, -0.2) is 4.68 Å². The smallest absolute Gasteiger partial charge is 0.269 e. The van der Waals surface area contributed by atoms with Gasteiger partial charge in [0, 0.05) is 40.3 Å². The Morgan fingerprint density at radius 1 is 1.32 bits per heavy atom. The summed E-state index contributed by atoms with van der Waals surface area (Å²) in [6.07, 6.45) is 4.04. The minimum atomic E-state index is -0.442. The molecule has 25 heavy (non-hydrogen) atoms. The summed E-state index contributed by atoms with van der Waals surface area (Å²) in [5, 5.41) is 4.08. The lowest BCUT2D eigenvalue weighted by atomic mass is 10.0. The number of unbranched alkanes of at least 4 members (excludes halogenated alkanes) is 1. The van der Waals surface area contributed by atoms with Gasteiger partial charge in [-0.1, -0.05) is 19.8 Å². The van der Waals surface area contributed by atoms with Crippen LogP contribution in [0.4, 0.5) is 5.69 Å². The molecular weight excluding hydrogens is 322 g/mol. The van der Waals surface area contributed by atoms with Crippen LogP contribution in [-0.2, 0) is 16.1 Å². The molecule has 0 N–H and O–H groups in total. The summed E-state index contributed by atoms with van der Waals surface area (Å²) >= 11 is 0. The van der Waals surface area contributed by atoms with Crippen molar-refractivity contribution in [3.8, 4) is 0 Å². The number of rotatable bonds is 6. The minimum Gasteiger partial charge on any atom is -0.376 e. The molecule has 0 radical (unpaired) electrons. The van der Waals surface area contributed by atoms with Gasteiger partial charge in [-0.15, -0.1) is 0 Å². The summed E-state index contributed by atoms with van der Waals surface area (Å²) in [6, 6.07) is 1.01. The van der Waals surface area contributed by atoms with E-state index in [-0.39, 0.29) is 23.9 Å². The highest BCUT2D eigenvalue weighted by molar-refractivity contribution is 5.88. The lowest BCUT2D eigenvalue weighted by molar-refractivity contribution is -0.151. The van der Waals surface area contributed by atoms with Gasteiger partial charge < -0.3 is 14.7 Å². The second-order valence-corrected chi connectivity index (χ2v) is 6.61. The van der Waals surface area contributed by atoms with Gasteiger partial charge in [-0.2, -0.15) is 5.10 Å². The first kappa shape index (κ1) is 19.0. The molecule has 0 spiro atoms. The van der Waals surface area contributed by atoms with E-state index >= 15 is 0 Å². The largest absolute Gasteiger partial charge is 0.376 e. The molecule has 0 saturated carbocycles. The Bertz CT molecular complexity index is 685. The zero-order valence-electron chi connectivity index (χ0n) is 15.4. The van der Waals surface area contributed by atoms with Crippen molar-refractivity contribution in [2.24, 2.45) is 0 Å². The molecule has 1 aromatic rings. The highest BCUT2D eigenvalue weighted by Crippen LogP contribution is 2.17. The molecule has 1 aromatic heterocycles. The fourth-order valence-electron chi connectivity index (χ4n) is 2.89. The van der Waals surface area contributed by atoms with Crippen molar-refractivity contribution in [2.45, 2.75) is 38.8 Å². The van der Waals surface area contributed by atoms with Crippen molar-refractivity contribution in [3.05, 3.63) is 22.6 Å². The fraction of sp³-hybridized carbons (Fsp3) is 0.647. The molecule has 1 atom stereocenters. The van der Waals surface area contributed by atoms with E-state index in [2.05, 4.69) is 12.0 Å². The summed E-state index contributed by atoms with van der Waals surface area (Å²) in [4.78, 5) is 42.3. The van der Waals surface area contributed by atoms with Gasteiger partial charge in [0.25, 0.3) is 5.56 Å². The number of anilines is 1. The third-order valence-electron chi connectivity index (χ3n) is 4.52. The molecule has 1 saturated heterocycles. The van der Waals surface area contributed by atoms with Crippen molar-refractivity contribution in [1.82, 2.24) is 19.6 Å². The van der Waals surface area contributed by atoms with Gasteiger partial charge in [0.2, 0.25) is 11.8 Å². The zero-order valence-corrected chi connectivity index (χ0v) is 15.4. The number of likely N-dealkylation sites (N-methyl/N-ethyl adjacent to an activating group) is 1. The monoisotopic (exact) mass is 349 g/mol. The number of amides is 2. The predicted molar refractivity (Wildman–Crippen MR) is 95.5 cm³/mol. The molecule has 8 heteroatoms. The number of aromatic nitrogens is 2. The van der Waals surface area contributed by atoms with E-state index in [4.69, 9.17) is 0 Å². The maximum Gasteiger partial charge on any atom is 0.269 e. The van der Waals surface area contributed by atoms with Crippen LogP contribution in [0.15, 0.2) is 17.1 Å². The Kier molecular flexibility index (Phi) is 6.17. The Morgan fingerprint density at radius 3 is 2.64 bits per heavy atom. The van der Waals surface area contributed by atoms with Crippen LogP contribution in [0, 0.1) is 0 Å². The number of nitrogens with zero attached hydrogens (tertiary/aromatic N) is 5. The number of piperazine rings is 1. The van der Waals surface area contributed by atoms with Gasteiger partial charge in [-0.05, 0) is 6.42 Å². The fourth-order valence-corrected chi connectivity index (χ4v) is 2.89. The molecule has 1 unspecified atom stereocenters. The Morgan fingerprint density at radius 2 is 2.04 bits per heavy atom. The summed E-state index contributed by atoms with van der Waals surface area (Å²) in [5.41, 5.74) is 0.356. The number of carbonyl (C=O) groups excluding carboxylic acids is 2. The lowest BCUT2D eigenvalue weighted by Gasteiger charge is -2.39. The van der Waals surface area contributed by atoms with E-state index in [9.17, 15) is 14.4 Å². The SMILES string of the molecule is CCCCC1C(=O)N(C)CCN1C(=O)Cn1ncc(N(C)C)cc1=O. The van der Waals surface area contributed by atoms with Crippen LogP contribution in [0.5, 0.6) is 0 Å². The van der Waals surface area contributed by atoms with Crippen molar-refractivity contribution in [1.29, 1.82) is 0 Å². The Labute approximate surface area is 148 Å². The molecule has 1 aliphatic heterocycles. The summed E-state index contributed by atoms with van der Waals surface area (Å²) in [5.74, 6) is -0.272. The highest BCUT2D eigenvalue weighted by Gasteiger charge is 2.35. The minimum absolute atomic E-state index is 0.0312. The first-order valence-electron chi connectivity index (χ1n) is 8.64. The molecule has 0 aliphatic carbocycles. The van der Waals surface area contributed by atoms with Gasteiger partial charge in [-0.3, -0.25) is 14.4 Å². The predicted octanol–water partition coefficient (Wildman–Crippen LogP) is 0.169. The van der Waals surface area contributed by atoms with Crippen molar-refractivity contribution < 1.29 is 9.59 Å². The molecule has 0 bridgehead atoms. The van der Waals surface area contributed by atoms with Crippen LogP contribution >= 0.6 is 0 Å². The second kappa shape index (κ2) is 8.13. The van der Waals surface area contributed by atoms with E-state index in [0.29, 0.717) is 25.2 Å². The molecule has 8 nitrogen and oxygen atoms in total. The molecule has 2 rings (SSSR count). The molecular formula is C17H27N5O3. The molecule has 0 aromatic carbocycles. The molecule has 1 aliphatic rings. The molecule has 1 fully saturated rings. The molecule has 138 valence electrons. The van der Waals surface area contributed by atoms with E-state index < -0.39 is 6.04 Å². The molecule has 2 amide bonds. The highest BCUT2D eigenvalue weighted by atomic mass is 16.2. The topological polar surface area (TPSA) is 78.8 Å². The lowest BCUT2D eigenvalue weighted by Crippen LogP contribution is -2.58. The number of hydrogen-bond acceptors (Lipinski definition) is 5. The molecule has 2 heterocycles. The number of hydrogen-bond donors (Lipinski definition) is 0. The van der Waals surface area contributed by atoms with E-state index in [1.165, 1.54) is 6.07 Å². The second-order valence-electron chi connectivity index (χ2n) is 6.61. The van der Waals surface area contributed by atoms with E-state index in [1.807, 2.05) is 14.1 Å². The average Bonchev–Trinajstić information content (AvgIpc) is 2.57. The Hall–Kier alpha value is -2.38. The third-order valence-corrected chi connectivity index (χ3v) is 4.52. The van der Waals surface area contributed by atoms with Gasteiger partial charge in [0.1, 0.15) is 12.6 Å².